The maximum absolute atomic E-state index is 13.3. The number of hydrogen-bond donors (Lipinski definition) is 2. The maximum atomic E-state index is 13.3. The average molecular weight is 492 g/mol. The Kier molecular flexibility index (Phi) is 6.42. The van der Waals surface area contributed by atoms with E-state index in [9.17, 15) is 4.79 Å². The number of fused-ring (bicyclic) bond motifs is 1. The summed E-state index contributed by atoms with van der Waals surface area (Å²) in [6, 6.07) is 24.4. The van der Waals surface area contributed by atoms with Crippen LogP contribution in [0.3, 0.4) is 0 Å². The molecule has 1 aliphatic heterocycles. The summed E-state index contributed by atoms with van der Waals surface area (Å²) in [4.78, 5) is 13.3. The van der Waals surface area contributed by atoms with Gasteiger partial charge in [-0.25, -0.2) is 4.68 Å². The van der Waals surface area contributed by atoms with Crippen LogP contribution in [-0.4, -0.2) is 26.0 Å². The van der Waals surface area contributed by atoms with Crippen molar-refractivity contribution in [1.29, 1.82) is 0 Å². The zero-order chi connectivity index (χ0) is 23.5. The van der Waals surface area contributed by atoms with Gasteiger partial charge in [-0.2, -0.15) is 0 Å². The molecule has 2 heterocycles. The zero-order valence-electron chi connectivity index (χ0n) is 18.3. The van der Waals surface area contributed by atoms with Crippen LogP contribution in [0.5, 0.6) is 5.75 Å². The molecule has 0 unspecified atom stereocenters. The molecule has 1 aliphatic rings. The van der Waals surface area contributed by atoms with Gasteiger partial charge in [0.05, 0.1) is 6.04 Å². The molecule has 172 valence electrons. The lowest BCUT2D eigenvalue weighted by Gasteiger charge is -2.33. The molecule has 1 amide bonds. The molecular formula is C25H22ClN5O2S. The number of carbonyl (C=O) groups is 1. The summed E-state index contributed by atoms with van der Waals surface area (Å²) in [6.45, 7) is 2.28. The lowest BCUT2D eigenvalue weighted by molar-refractivity contribution is -0.116. The first-order valence-electron chi connectivity index (χ1n) is 10.8. The fraction of sp³-hybridized carbons (Fsp3) is 0.160. The SMILES string of the molecule is Cc1ccc([C@@H]2Nn3c(COc4ccccc4)nnc3S[C@@H]2C(=O)Nc2ccc(Cl)cc2)cc1. The number of amides is 1. The summed E-state index contributed by atoms with van der Waals surface area (Å²) in [5.74, 6) is 1.24. The summed E-state index contributed by atoms with van der Waals surface area (Å²) in [7, 11) is 0. The highest BCUT2D eigenvalue weighted by atomic mass is 35.5. The molecule has 4 aromatic rings. The van der Waals surface area contributed by atoms with E-state index in [-0.39, 0.29) is 18.6 Å². The normalized spacial score (nSPS) is 16.9. The summed E-state index contributed by atoms with van der Waals surface area (Å²) in [5, 5.41) is 12.3. The Hall–Kier alpha value is -3.49. The number of nitrogens with zero attached hydrogens (tertiary/aromatic N) is 3. The molecule has 9 heteroatoms. The molecule has 0 radical (unpaired) electrons. The Morgan fingerprint density at radius 2 is 1.79 bits per heavy atom. The first-order chi connectivity index (χ1) is 16.6. The van der Waals surface area contributed by atoms with Gasteiger partial charge in [0.2, 0.25) is 11.1 Å². The minimum absolute atomic E-state index is 0.137. The molecular weight excluding hydrogens is 470 g/mol. The van der Waals surface area contributed by atoms with Crippen molar-refractivity contribution in [3.8, 4) is 5.75 Å². The predicted molar refractivity (Wildman–Crippen MR) is 134 cm³/mol. The summed E-state index contributed by atoms with van der Waals surface area (Å²) in [5.41, 5.74) is 6.27. The number of ether oxygens (including phenoxy) is 1. The van der Waals surface area contributed by atoms with Crippen LogP contribution in [0.2, 0.25) is 5.02 Å². The number of aromatic nitrogens is 3. The van der Waals surface area contributed by atoms with Gasteiger partial charge in [-0.1, -0.05) is 71.4 Å². The van der Waals surface area contributed by atoms with Gasteiger partial charge in [-0.3, -0.25) is 4.79 Å². The number of thioether (sulfide) groups is 1. The van der Waals surface area contributed by atoms with E-state index in [1.807, 2.05) is 66.2 Å². The van der Waals surface area contributed by atoms with Gasteiger partial charge < -0.3 is 15.5 Å². The topological polar surface area (TPSA) is 81.1 Å². The second-order valence-corrected chi connectivity index (χ2v) is 9.43. The minimum atomic E-state index is -0.474. The molecule has 0 saturated heterocycles. The molecule has 1 aromatic heterocycles. The van der Waals surface area contributed by atoms with E-state index in [2.05, 4.69) is 20.9 Å². The first kappa shape index (κ1) is 22.3. The standard InChI is InChI=1S/C25H22ClN5O2S/c1-16-7-9-17(10-8-16)22-23(24(32)27-19-13-11-18(26)12-14-19)34-25-29-28-21(31(25)30-22)15-33-20-5-3-2-4-6-20/h2-14,22-23,30H,15H2,1H3,(H,27,32)/t22-,23-/m0/s1. The smallest absolute Gasteiger partial charge is 0.240 e. The van der Waals surface area contributed by atoms with Gasteiger partial charge in [-0.15, -0.1) is 10.2 Å². The van der Waals surface area contributed by atoms with Crippen LogP contribution in [-0.2, 0) is 11.4 Å². The van der Waals surface area contributed by atoms with Crippen LogP contribution >= 0.6 is 23.4 Å². The fourth-order valence-electron chi connectivity index (χ4n) is 3.63. The summed E-state index contributed by atoms with van der Waals surface area (Å²) in [6.07, 6.45) is 0. The number of hydrogen-bond acceptors (Lipinski definition) is 6. The maximum Gasteiger partial charge on any atom is 0.240 e. The molecule has 5 rings (SSSR count). The van der Waals surface area contributed by atoms with Crippen LogP contribution < -0.4 is 15.5 Å². The van der Waals surface area contributed by atoms with Gasteiger partial charge >= 0.3 is 0 Å². The van der Waals surface area contributed by atoms with Gasteiger partial charge in [-0.05, 0) is 48.9 Å². The van der Waals surface area contributed by atoms with Crippen molar-refractivity contribution < 1.29 is 9.53 Å². The minimum Gasteiger partial charge on any atom is -0.486 e. The Morgan fingerprint density at radius 3 is 2.53 bits per heavy atom. The van der Waals surface area contributed by atoms with Crippen LogP contribution in [0.25, 0.3) is 0 Å². The van der Waals surface area contributed by atoms with Gasteiger partial charge in [0, 0.05) is 10.7 Å². The number of rotatable bonds is 6. The van der Waals surface area contributed by atoms with Crippen LogP contribution in [0.15, 0.2) is 84.0 Å². The Bertz CT molecular complexity index is 1280. The molecule has 3 aromatic carbocycles. The quantitative estimate of drug-likeness (QED) is 0.385. The lowest BCUT2D eigenvalue weighted by atomic mass is 10.0. The second-order valence-electron chi connectivity index (χ2n) is 7.89. The van der Waals surface area contributed by atoms with Crippen molar-refractivity contribution in [2.75, 3.05) is 10.7 Å². The van der Waals surface area contributed by atoms with Gasteiger partial charge in [0.1, 0.15) is 17.6 Å². The number of aryl methyl sites for hydroxylation is 1. The molecule has 34 heavy (non-hydrogen) atoms. The van der Waals surface area contributed by atoms with E-state index in [1.165, 1.54) is 11.8 Å². The van der Waals surface area contributed by atoms with Crippen molar-refractivity contribution in [3.63, 3.8) is 0 Å². The number of benzene rings is 3. The third-order valence-electron chi connectivity index (χ3n) is 5.42. The van der Waals surface area contributed by atoms with Crippen LogP contribution in [0.1, 0.15) is 23.0 Å². The van der Waals surface area contributed by atoms with Crippen molar-refractivity contribution >= 4 is 35.0 Å². The second kappa shape index (κ2) is 9.79. The molecule has 7 nitrogen and oxygen atoms in total. The number of para-hydroxylation sites is 1. The van der Waals surface area contributed by atoms with Crippen molar-refractivity contribution in [3.05, 3.63) is 101 Å². The van der Waals surface area contributed by atoms with E-state index in [4.69, 9.17) is 16.3 Å². The highest BCUT2D eigenvalue weighted by Gasteiger charge is 2.38. The van der Waals surface area contributed by atoms with Crippen molar-refractivity contribution in [2.45, 2.75) is 30.0 Å². The van der Waals surface area contributed by atoms with Crippen molar-refractivity contribution in [1.82, 2.24) is 14.9 Å². The molecule has 0 spiro atoms. The zero-order valence-corrected chi connectivity index (χ0v) is 19.9. The third kappa shape index (κ3) is 4.88. The number of halogens is 1. The van der Waals surface area contributed by atoms with Crippen molar-refractivity contribution in [2.24, 2.45) is 0 Å². The Labute approximate surface area is 206 Å². The largest absolute Gasteiger partial charge is 0.486 e. The van der Waals surface area contributed by atoms with E-state index in [1.54, 1.807) is 24.3 Å². The highest BCUT2D eigenvalue weighted by Crippen LogP contribution is 2.37. The molecule has 0 saturated carbocycles. The highest BCUT2D eigenvalue weighted by molar-refractivity contribution is 8.00. The lowest BCUT2D eigenvalue weighted by Crippen LogP contribution is -2.41. The number of anilines is 1. The monoisotopic (exact) mass is 491 g/mol. The van der Waals surface area contributed by atoms with Crippen LogP contribution in [0, 0.1) is 6.92 Å². The average Bonchev–Trinajstić information content (AvgIpc) is 3.26. The third-order valence-corrected chi connectivity index (χ3v) is 6.89. The summed E-state index contributed by atoms with van der Waals surface area (Å²) < 4.78 is 7.68. The van der Waals surface area contributed by atoms with Gasteiger partial charge in [0.25, 0.3) is 0 Å². The number of nitrogens with one attached hydrogen (secondary N) is 2. The molecule has 2 N–H and O–H groups in total. The van der Waals surface area contributed by atoms with Crippen LogP contribution in [0.4, 0.5) is 5.69 Å². The van der Waals surface area contributed by atoms with E-state index >= 15 is 0 Å². The van der Waals surface area contributed by atoms with Gasteiger partial charge in [0.15, 0.2) is 5.82 Å². The van der Waals surface area contributed by atoms with E-state index < -0.39 is 5.25 Å². The number of carbonyl (C=O) groups excluding carboxylic acids is 1. The molecule has 0 bridgehead atoms. The fourth-order valence-corrected chi connectivity index (χ4v) is 4.85. The first-order valence-corrected chi connectivity index (χ1v) is 12.0. The van der Waals surface area contributed by atoms with E-state index in [0.29, 0.717) is 21.7 Å². The molecule has 2 atom stereocenters. The summed E-state index contributed by atoms with van der Waals surface area (Å²) >= 11 is 7.35. The Morgan fingerprint density at radius 1 is 1.06 bits per heavy atom. The predicted octanol–water partition coefficient (Wildman–Crippen LogP) is 5.22. The molecule has 0 aliphatic carbocycles. The molecule has 0 fully saturated rings. The Balaban J connectivity index is 1.41. The van der Waals surface area contributed by atoms with E-state index in [0.717, 1.165) is 16.9 Å².